The molecule has 0 saturated heterocycles. The molecule has 0 aromatic heterocycles. The second-order valence-electron chi connectivity index (χ2n) is 20.8. The largest absolute Gasteiger partial charge is 0.464 e. The number of unbranched alkanes of at least 4 members (excludes halogenated alkanes) is 25. The minimum atomic E-state index is -0.422. The van der Waals surface area contributed by atoms with Crippen LogP contribution in [0.1, 0.15) is 298 Å². The van der Waals surface area contributed by atoms with Crippen molar-refractivity contribution in [3.8, 4) is 0 Å². The molecular formula is C59H114N2O8. The van der Waals surface area contributed by atoms with Crippen LogP contribution in [0.4, 0.5) is 4.79 Å². The molecule has 0 N–H and O–H groups in total. The molecule has 0 aromatic carbocycles. The number of rotatable bonds is 52. The maximum Gasteiger partial charge on any atom is 0.410 e. The van der Waals surface area contributed by atoms with E-state index in [1.807, 2.05) is 14.1 Å². The van der Waals surface area contributed by atoms with Crippen molar-refractivity contribution in [1.82, 2.24) is 9.80 Å². The second-order valence-corrected chi connectivity index (χ2v) is 20.8. The van der Waals surface area contributed by atoms with Gasteiger partial charge in [0.05, 0.1) is 6.61 Å². The van der Waals surface area contributed by atoms with Gasteiger partial charge < -0.3 is 23.8 Å². The number of hydrogen-bond acceptors (Lipinski definition) is 9. The summed E-state index contributed by atoms with van der Waals surface area (Å²) in [7, 11) is 4.02. The molecule has 0 atom stereocenters. The van der Waals surface area contributed by atoms with Crippen molar-refractivity contribution < 1.29 is 38.1 Å². The third kappa shape index (κ3) is 45.3. The van der Waals surface area contributed by atoms with Gasteiger partial charge in [0, 0.05) is 19.4 Å². The summed E-state index contributed by atoms with van der Waals surface area (Å²) in [5.41, 5.74) is 0. The fourth-order valence-electron chi connectivity index (χ4n) is 9.11. The van der Waals surface area contributed by atoms with Crippen molar-refractivity contribution in [2.75, 3.05) is 40.3 Å². The monoisotopic (exact) mass is 979 g/mol. The molecule has 0 aliphatic heterocycles. The van der Waals surface area contributed by atoms with E-state index in [1.165, 1.54) is 77.0 Å². The maximum absolute atomic E-state index is 13.8. The fraction of sp³-hybridized carbons (Fsp3) is 0.932. The van der Waals surface area contributed by atoms with Gasteiger partial charge in [-0.2, -0.15) is 0 Å². The van der Waals surface area contributed by atoms with E-state index in [9.17, 15) is 19.2 Å². The van der Waals surface area contributed by atoms with E-state index in [1.54, 1.807) is 4.90 Å². The van der Waals surface area contributed by atoms with E-state index in [-0.39, 0.29) is 42.8 Å². The molecule has 1 amide bonds. The molecule has 0 saturated carbocycles. The first-order chi connectivity index (χ1) is 33.6. The Labute approximate surface area is 427 Å². The van der Waals surface area contributed by atoms with Crippen LogP contribution in [0.25, 0.3) is 0 Å². The lowest BCUT2D eigenvalue weighted by Gasteiger charge is -2.26. The Kier molecular flexibility index (Phi) is 48.8. The molecule has 0 radical (unpaired) electrons. The molecule has 0 bridgehead atoms. The van der Waals surface area contributed by atoms with Crippen molar-refractivity contribution >= 4 is 24.0 Å². The summed E-state index contributed by atoms with van der Waals surface area (Å²) < 4.78 is 23.8. The molecular weight excluding hydrogens is 865 g/mol. The van der Waals surface area contributed by atoms with E-state index < -0.39 is 6.09 Å². The zero-order chi connectivity index (χ0) is 50.8. The third-order valence-corrected chi connectivity index (χ3v) is 13.6. The third-order valence-electron chi connectivity index (χ3n) is 13.6. The highest BCUT2D eigenvalue weighted by Gasteiger charge is 2.23. The number of carbonyl (C=O) groups is 4. The summed E-state index contributed by atoms with van der Waals surface area (Å²) in [6.45, 7) is 12.6. The normalized spacial score (nSPS) is 11.6. The number of nitrogens with zero attached hydrogens (tertiary/aromatic N) is 2. The molecule has 0 spiro atoms. The number of ether oxygens (including phenoxy) is 4. The van der Waals surface area contributed by atoms with E-state index in [0.29, 0.717) is 26.0 Å². The van der Waals surface area contributed by atoms with Crippen molar-refractivity contribution in [1.29, 1.82) is 0 Å². The Bertz CT molecular complexity index is 1090. The van der Waals surface area contributed by atoms with Crippen LogP contribution in [0.15, 0.2) is 0 Å². The van der Waals surface area contributed by atoms with Gasteiger partial charge in [-0.3, -0.25) is 19.3 Å². The molecule has 0 heterocycles. The van der Waals surface area contributed by atoms with Crippen LogP contribution < -0.4 is 0 Å². The second kappa shape index (κ2) is 50.6. The van der Waals surface area contributed by atoms with Crippen molar-refractivity contribution in [2.45, 2.75) is 316 Å². The van der Waals surface area contributed by atoms with E-state index in [0.717, 1.165) is 180 Å². The fourth-order valence-corrected chi connectivity index (χ4v) is 9.11. The SMILES string of the molecule is CCCCCCOC(=O)CN(CCCN(C)C)C(=O)OC(CCCCCCCCC(=O)OC(CCCCCC)CCCCCC)CCCCCCCCC(=O)OC(CCCCCC)CCCCCC. The van der Waals surface area contributed by atoms with Crippen LogP contribution in [-0.2, 0) is 33.3 Å². The molecule has 0 aliphatic carbocycles. The first kappa shape index (κ1) is 66.6. The van der Waals surface area contributed by atoms with Crippen molar-refractivity contribution in [3.63, 3.8) is 0 Å². The standard InChI is InChI=1S/C59H114N2O8/c1-8-13-18-31-41-53(42-32-19-14-9-2)67-56(62)47-37-29-25-23-27-35-45-55(69-59(65)61(50-40-49-60(6)7)52-58(64)66-51-39-22-17-12-5)46-36-28-24-26-30-38-48-57(63)68-54(43-33-20-15-10-3)44-34-21-16-11-4/h53-55H,8-52H2,1-7H3. The van der Waals surface area contributed by atoms with Crippen LogP contribution >= 0.6 is 0 Å². The highest BCUT2D eigenvalue weighted by molar-refractivity contribution is 5.78. The number of esters is 3. The molecule has 10 heteroatoms. The van der Waals surface area contributed by atoms with Gasteiger partial charge in [0.2, 0.25) is 0 Å². The molecule has 0 aliphatic rings. The highest BCUT2D eigenvalue weighted by atomic mass is 16.6. The minimum absolute atomic E-state index is 0.0309. The molecule has 0 rings (SSSR count). The smallest absolute Gasteiger partial charge is 0.410 e. The van der Waals surface area contributed by atoms with Crippen molar-refractivity contribution in [3.05, 3.63) is 0 Å². The highest BCUT2D eigenvalue weighted by Crippen LogP contribution is 2.21. The van der Waals surface area contributed by atoms with Crippen LogP contribution in [0.5, 0.6) is 0 Å². The summed E-state index contributed by atoms with van der Waals surface area (Å²) in [5.74, 6) is -0.436. The van der Waals surface area contributed by atoms with E-state index >= 15 is 0 Å². The molecule has 69 heavy (non-hydrogen) atoms. The first-order valence-corrected chi connectivity index (χ1v) is 29.7. The van der Waals surface area contributed by atoms with E-state index in [2.05, 4.69) is 39.5 Å². The lowest BCUT2D eigenvalue weighted by molar-refractivity contribution is -0.151. The molecule has 0 unspecified atom stereocenters. The van der Waals surface area contributed by atoms with Gasteiger partial charge in [-0.25, -0.2) is 4.79 Å². The van der Waals surface area contributed by atoms with Gasteiger partial charge in [-0.05, 0) is 123 Å². The molecule has 0 aromatic rings. The summed E-state index contributed by atoms with van der Waals surface area (Å²) in [6.07, 6.45) is 42.3. The predicted octanol–water partition coefficient (Wildman–Crippen LogP) is 16.8. The molecule has 0 fully saturated rings. The summed E-state index contributed by atoms with van der Waals surface area (Å²) in [4.78, 5) is 55.9. The molecule has 408 valence electrons. The Morgan fingerprint density at radius 1 is 0.348 bits per heavy atom. The topological polar surface area (TPSA) is 112 Å². The zero-order valence-electron chi connectivity index (χ0n) is 46.7. The first-order valence-electron chi connectivity index (χ1n) is 29.7. The minimum Gasteiger partial charge on any atom is -0.464 e. The Morgan fingerprint density at radius 2 is 0.667 bits per heavy atom. The van der Waals surface area contributed by atoms with Crippen LogP contribution in [0.3, 0.4) is 0 Å². The summed E-state index contributed by atoms with van der Waals surface area (Å²) in [6, 6.07) is 0. The number of hydrogen-bond donors (Lipinski definition) is 0. The number of amides is 1. The van der Waals surface area contributed by atoms with Gasteiger partial charge in [0.25, 0.3) is 0 Å². The lowest BCUT2D eigenvalue weighted by Crippen LogP contribution is -2.40. The van der Waals surface area contributed by atoms with Crippen molar-refractivity contribution in [2.24, 2.45) is 0 Å². The summed E-state index contributed by atoms with van der Waals surface area (Å²) in [5, 5.41) is 0. The van der Waals surface area contributed by atoms with Crippen LogP contribution in [-0.4, -0.2) is 92.4 Å². The Balaban J connectivity index is 5.15. The average Bonchev–Trinajstić information content (AvgIpc) is 3.32. The van der Waals surface area contributed by atoms with Gasteiger partial charge >= 0.3 is 24.0 Å². The van der Waals surface area contributed by atoms with Gasteiger partial charge in [0.1, 0.15) is 24.9 Å². The summed E-state index contributed by atoms with van der Waals surface area (Å²) >= 11 is 0. The Morgan fingerprint density at radius 3 is 1.03 bits per heavy atom. The quantitative estimate of drug-likeness (QED) is 0.0334. The predicted molar refractivity (Wildman–Crippen MR) is 289 cm³/mol. The maximum atomic E-state index is 13.8. The number of carbonyl (C=O) groups excluding carboxylic acids is 4. The van der Waals surface area contributed by atoms with Gasteiger partial charge in [0.15, 0.2) is 0 Å². The molecule has 10 nitrogen and oxygen atoms in total. The van der Waals surface area contributed by atoms with Crippen LogP contribution in [0.2, 0.25) is 0 Å². The van der Waals surface area contributed by atoms with Gasteiger partial charge in [-0.1, -0.05) is 182 Å². The van der Waals surface area contributed by atoms with Crippen LogP contribution in [0, 0.1) is 0 Å². The lowest BCUT2D eigenvalue weighted by atomic mass is 10.0. The van der Waals surface area contributed by atoms with E-state index in [4.69, 9.17) is 18.9 Å². The Hall–Kier alpha value is -2.36. The average molecular weight is 980 g/mol. The van der Waals surface area contributed by atoms with Gasteiger partial charge in [-0.15, -0.1) is 0 Å². The zero-order valence-corrected chi connectivity index (χ0v) is 46.7.